The number of aromatic nitrogens is 1. The van der Waals surface area contributed by atoms with Crippen LogP contribution in [0.1, 0.15) is 6.42 Å². The number of carbonyl (C=O) groups is 1. The highest BCUT2D eigenvalue weighted by Gasteiger charge is 2.21. The summed E-state index contributed by atoms with van der Waals surface area (Å²) in [6.45, 7) is 4.81. The lowest BCUT2D eigenvalue weighted by Crippen LogP contribution is -2.39. The summed E-state index contributed by atoms with van der Waals surface area (Å²) < 4.78 is 19.8. The summed E-state index contributed by atoms with van der Waals surface area (Å²) in [4.78, 5) is 22.8. The fraction of sp³-hybridized carbons (Fsp3) is 0.364. The van der Waals surface area contributed by atoms with Crippen LogP contribution in [0.2, 0.25) is 5.02 Å². The summed E-state index contributed by atoms with van der Waals surface area (Å²) in [5, 5.41) is 1.28. The molecular weight excluding hydrogens is 457 g/mol. The molecule has 0 unspecified atom stereocenters. The van der Waals surface area contributed by atoms with Crippen molar-refractivity contribution in [3.05, 3.63) is 53.3 Å². The van der Waals surface area contributed by atoms with Gasteiger partial charge in [-0.2, -0.15) is 0 Å². The van der Waals surface area contributed by atoms with Crippen LogP contribution in [-0.2, 0) is 9.53 Å². The summed E-state index contributed by atoms with van der Waals surface area (Å²) in [7, 11) is 0. The van der Waals surface area contributed by atoms with Gasteiger partial charge in [-0.05, 0) is 48.9 Å². The van der Waals surface area contributed by atoms with Gasteiger partial charge in [0.25, 0.3) is 0 Å². The lowest BCUT2D eigenvalue weighted by atomic mass is 10.3. The lowest BCUT2D eigenvalue weighted by molar-refractivity contribution is -0.116. The number of halogens is 2. The fourth-order valence-corrected chi connectivity index (χ4v) is 5.29. The van der Waals surface area contributed by atoms with Crippen LogP contribution in [0.4, 0.5) is 9.52 Å². The maximum Gasteiger partial charge on any atom is 0.239 e. The van der Waals surface area contributed by atoms with Crippen molar-refractivity contribution >= 4 is 56.0 Å². The van der Waals surface area contributed by atoms with E-state index in [1.807, 2.05) is 24.3 Å². The Morgan fingerprint density at radius 1 is 1.23 bits per heavy atom. The molecule has 164 valence electrons. The Hall–Kier alpha value is -1.71. The molecular formula is C22H23ClFN3O2S2. The van der Waals surface area contributed by atoms with E-state index in [-0.39, 0.29) is 11.7 Å². The predicted octanol–water partition coefficient (Wildman–Crippen LogP) is 4.94. The molecule has 0 bridgehead atoms. The summed E-state index contributed by atoms with van der Waals surface area (Å²) >= 11 is 8.77. The van der Waals surface area contributed by atoms with Crippen LogP contribution in [-0.4, -0.2) is 60.9 Å². The van der Waals surface area contributed by atoms with Gasteiger partial charge in [-0.3, -0.25) is 14.6 Å². The first kappa shape index (κ1) is 22.5. The Bertz CT molecular complexity index is 1030. The van der Waals surface area contributed by atoms with E-state index >= 15 is 0 Å². The number of benzene rings is 2. The summed E-state index contributed by atoms with van der Waals surface area (Å²) in [5.74, 6) is -0.0173. The van der Waals surface area contributed by atoms with Gasteiger partial charge >= 0.3 is 0 Å². The van der Waals surface area contributed by atoms with E-state index in [1.165, 1.54) is 35.2 Å². The minimum atomic E-state index is -0.300. The average Bonchev–Trinajstić information content (AvgIpc) is 3.19. The molecule has 0 aliphatic carbocycles. The molecule has 1 amide bonds. The normalized spacial score (nSPS) is 14.8. The topological polar surface area (TPSA) is 45.7 Å². The van der Waals surface area contributed by atoms with Crippen LogP contribution >= 0.6 is 34.7 Å². The van der Waals surface area contributed by atoms with E-state index in [0.717, 1.165) is 48.9 Å². The molecule has 31 heavy (non-hydrogen) atoms. The first-order valence-corrected chi connectivity index (χ1v) is 12.3. The molecule has 1 saturated heterocycles. The molecule has 3 aromatic rings. The maximum atomic E-state index is 13.6. The van der Waals surface area contributed by atoms with Crippen LogP contribution in [0.25, 0.3) is 10.2 Å². The molecule has 0 atom stereocenters. The third kappa shape index (κ3) is 6.17. The number of hydrogen-bond acceptors (Lipinski definition) is 6. The van der Waals surface area contributed by atoms with Gasteiger partial charge in [-0.25, -0.2) is 9.37 Å². The van der Waals surface area contributed by atoms with Crippen LogP contribution in [0.15, 0.2) is 47.4 Å². The zero-order valence-electron chi connectivity index (χ0n) is 16.9. The minimum Gasteiger partial charge on any atom is -0.379 e. The smallest absolute Gasteiger partial charge is 0.239 e. The second-order valence-corrected chi connectivity index (χ2v) is 9.70. The molecule has 2 aromatic carbocycles. The number of carbonyl (C=O) groups excluding carboxylic acids is 1. The second-order valence-electron chi connectivity index (χ2n) is 7.20. The molecule has 1 aromatic heterocycles. The standard InChI is InChI=1S/C22H23ClFN3O2S2/c23-16-2-5-18(6-3-16)30-15-21(28)27(9-1-8-26-10-12-29-13-11-26)22-25-19-7-4-17(24)14-20(19)31-22/h2-7,14H,1,8-13,15H2. The molecule has 5 nitrogen and oxygen atoms in total. The number of fused-ring (bicyclic) bond motifs is 1. The number of thioether (sulfide) groups is 1. The number of amides is 1. The van der Waals surface area contributed by atoms with E-state index < -0.39 is 0 Å². The number of ether oxygens (including phenoxy) is 1. The van der Waals surface area contributed by atoms with Crippen molar-refractivity contribution in [1.82, 2.24) is 9.88 Å². The summed E-state index contributed by atoms with van der Waals surface area (Å²) in [6.07, 6.45) is 0.835. The number of anilines is 1. The Morgan fingerprint density at radius 3 is 2.77 bits per heavy atom. The zero-order valence-corrected chi connectivity index (χ0v) is 19.3. The van der Waals surface area contributed by atoms with Gasteiger partial charge in [0, 0.05) is 36.1 Å². The highest BCUT2D eigenvalue weighted by Crippen LogP contribution is 2.30. The largest absolute Gasteiger partial charge is 0.379 e. The monoisotopic (exact) mass is 479 g/mol. The molecule has 0 radical (unpaired) electrons. The Morgan fingerprint density at radius 2 is 2.00 bits per heavy atom. The van der Waals surface area contributed by atoms with Crippen molar-refractivity contribution in [2.45, 2.75) is 11.3 Å². The highest BCUT2D eigenvalue weighted by atomic mass is 35.5. The minimum absolute atomic E-state index is 0.0125. The Labute approximate surface area is 194 Å². The van der Waals surface area contributed by atoms with E-state index in [0.29, 0.717) is 28.0 Å². The van der Waals surface area contributed by atoms with Crippen LogP contribution in [0.5, 0.6) is 0 Å². The zero-order chi connectivity index (χ0) is 21.6. The molecule has 2 heterocycles. The van der Waals surface area contributed by atoms with Crippen molar-refractivity contribution in [2.24, 2.45) is 0 Å². The fourth-order valence-electron chi connectivity index (χ4n) is 3.36. The average molecular weight is 480 g/mol. The van der Waals surface area contributed by atoms with Gasteiger partial charge in [-0.1, -0.05) is 22.9 Å². The number of hydrogen-bond donors (Lipinski definition) is 0. The Balaban J connectivity index is 1.46. The second kappa shape index (κ2) is 10.7. The molecule has 1 aliphatic heterocycles. The molecule has 1 aliphatic rings. The number of thiazole rings is 1. The van der Waals surface area contributed by atoms with Crippen molar-refractivity contribution in [2.75, 3.05) is 50.0 Å². The third-order valence-corrected chi connectivity index (χ3v) is 7.30. The van der Waals surface area contributed by atoms with Crippen LogP contribution in [0.3, 0.4) is 0 Å². The molecule has 0 N–H and O–H groups in total. The van der Waals surface area contributed by atoms with Crippen molar-refractivity contribution in [1.29, 1.82) is 0 Å². The van der Waals surface area contributed by atoms with Crippen LogP contribution in [0, 0.1) is 5.82 Å². The quantitative estimate of drug-likeness (QED) is 0.428. The predicted molar refractivity (Wildman–Crippen MR) is 126 cm³/mol. The molecule has 4 rings (SSSR count). The van der Waals surface area contributed by atoms with E-state index in [2.05, 4.69) is 9.88 Å². The van der Waals surface area contributed by atoms with Gasteiger partial charge < -0.3 is 4.74 Å². The number of morpholine rings is 1. The van der Waals surface area contributed by atoms with Gasteiger partial charge in [0.1, 0.15) is 5.82 Å². The van der Waals surface area contributed by atoms with Crippen molar-refractivity contribution in [3.63, 3.8) is 0 Å². The molecule has 1 fully saturated rings. The van der Waals surface area contributed by atoms with Gasteiger partial charge in [0.05, 0.1) is 29.2 Å². The van der Waals surface area contributed by atoms with Gasteiger partial charge in [0.2, 0.25) is 5.91 Å². The SMILES string of the molecule is O=C(CSc1ccc(Cl)cc1)N(CCCN1CCOCC1)c1nc2ccc(F)cc2s1. The van der Waals surface area contributed by atoms with Crippen molar-refractivity contribution < 1.29 is 13.9 Å². The van der Waals surface area contributed by atoms with E-state index in [1.54, 1.807) is 11.0 Å². The first-order chi connectivity index (χ1) is 15.1. The Kier molecular flexibility index (Phi) is 7.79. The molecule has 0 saturated carbocycles. The number of rotatable bonds is 8. The third-order valence-electron chi connectivity index (χ3n) is 5.01. The molecule has 0 spiro atoms. The van der Waals surface area contributed by atoms with Gasteiger partial charge in [-0.15, -0.1) is 11.8 Å². The lowest BCUT2D eigenvalue weighted by Gasteiger charge is -2.27. The van der Waals surface area contributed by atoms with Crippen LogP contribution < -0.4 is 4.90 Å². The maximum absolute atomic E-state index is 13.6. The highest BCUT2D eigenvalue weighted by molar-refractivity contribution is 8.00. The number of nitrogens with zero attached hydrogens (tertiary/aromatic N) is 3. The summed E-state index contributed by atoms with van der Waals surface area (Å²) in [6, 6.07) is 12.0. The van der Waals surface area contributed by atoms with E-state index in [4.69, 9.17) is 16.3 Å². The molecule has 9 heteroatoms. The van der Waals surface area contributed by atoms with Gasteiger partial charge in [0.15, 0.2) is 5.13 Å². The first-order valence-electron chi connectivity index (χ1n) is 10.1. The van der Waals surface area contributed by atoms with E-state index in [9.17, 15) is 9.18 Å². The van der Waals surface area contributed by atoms with Crippen molar-refractivity contribution in [3.8, 4) is 0 Å². The summed E-state index contributed by atoms with van der Waals surface area (Å²) in [5.41, 5.74) is 0.706.